The zero-order valence-electron chi connectivity index (χ0n) is 15.7. The normalized spacial score (nSPS) is 11.5. The molecule has 1 aromatic carbocycles. The second-order valence-electron chi connectivity index (χ2n) is 6.40. The molecular formula is C19H16F4N4O3. The summed E-state index contributed by atoms with van der Waals surface area (Å²) in [6, 6.07) is 2.78. The first kappa shape index (κ1) is 21.2. The van der Waals surface area contributed by atoms with Gasteiger partial charge < -0.3 is 10.1 Å². The fourth-order valence-electron chi connectivity index (χ4n) is 2.73. The molecule has 11 heteroatoms. The van der Waals surface area contributed by atoms with Crippen LogP contribution in [0.15, 0.2) is 36.8 Å². The minimum absolute atomic E-state index is 0.0278. The Bertz CT molecular complexity index is 1100. The standard InChI is InChI=1S/C19H16F4N4O3/c1-11(28)24-4-5-30-18(29)14-9-26-27-10-13(8-25-17(14)27)6-12-2-3-16(20)15(7-12)19(21,22)23/h2-3,7-10H,4-6H2,1H3,(H,24,28). The highest BCUT2D eigenvalue weighted by molar-refractivity contribution is 5.95. The van der Waals surface area contributed by atoms with E-state index in [1.54, 1.807) is 0 Å². The number of nitrogens with zero attached hydrogens (tertiary/aromatic N) is 3. The van der Waals surface area contributed by atoms with Crippen molar-refractivity contribution in [2.45, 2.75) is 19.5 Å². The Labute approximate surface area is 167 Å². The maximum atomic E-state index is 13.4. The Morgan fingerprint density at radius 1 is 1.20 bits per heavy atom. The van der Waals surface area contributed by atoms with Gasteiger partial charge in [-0.05, 0) is 23.3 Å². The smallest absolute Gasteiger partial charge is 0.419 e. The van der Waals surface area contributed by atoms with Gasteiger partial charge in [-0.1, -0.05) is 6.07 Å². The Morgan fingerprint density at radius 3 is 2.67 bits per heavy atom. The van der Waals surface area contributed by atoms with E-state index in [9.17, 15) is 27.2 Å². The first-order valence-electron chi connectivity index (χ1n) is 8.74. The van der Waals surface area contributed by atoms with Crippen LogP contribution < -0.4 is 5.32 Å². The van der Waals surface area contributed by atoms with Gasteiger partial charge in [-0.3, -0.25) is 4.79 Å². The van der Waals surface area contributed by atoms with E-state index < -0.39 is 23.5 Å². The molecule has 0 atom stereocenters. The number of rotatable bonds is 6. The maximum Gasteiger partial charge on any atom is 0.419 e. The van der Waals surface area contributed by atoms with Crippen LogP contribution in [0.4, 0.5) is 17.6 Å². The minimum Gasteiger partial charge on any atom is -0.460 e. The van der Waals surface area contributed by atoms with Gasteiger partial charge in [0, 0.05) is 25.7 Å². The van der Waals surface area contributed by atoms with Crippen LogP contribution in [0.3, 0.4) is 0 Å². The third kappa shape index (κ3) is 4.91. The Morgan fingerprint density at radius 2 is 1.97 bits per heavy atom. The highest BCUT2D eigenvalue weighted by Crippen LogP contribution is 2.32. The number of amides is 1. The molecule has 0 fully saturated rings. The summed E-state index contributed by atoms with van der Waals surface area (Å²) < 4.78 is 58.4. The minimum atomic E-state index is -4.79. The largest absolute Gasteiger partial charge is 0.460 e. The lowest BCUT2D eigenvalue weighted by atomic mass is 10.0. The summed E-state index contributed by atoms with van der Waals surface area (Å²) >= 11 is 0. The average Bonchev–Trinajstić information content (AvgIpc) is 3.09. The number of aromatic nitrogens is 3. The predicted molar refractivity (Wildman–Crippen MR) is 96.2 cm³/mol. The topological polar surface area (TPSA) is 85.6 Å². The summed E-state index contributed by atoms with van der Waals surface area (Å²) in [4.78, 5) is 27.1. The predicted octanol–water partition coefficient (Wildman–Crippen LogP) is 2.77. The molecule has 0 aliphatic rings. The van der Waals surface area contributed by atoms with Crippen LogP contribution in [0.2, 0.25) is 0 Å². The molecule has 2 aromatic heterocycles. The van der Waals surface area contributed by atoms with Crippen molar-refractivity contribution in [1.82, 2.24) is 19.9 Å². The van der Waals surface area contributed by atoms with Gasteiger partial charge in [0.05, 0.1) is 18.3 Å². The molecule has 3 rings (SSSR count). The number of hydrogen-bond acceptors (Lipinski definition) is 5. The quantitative estimate of drug-likeness (QED) is 0.374. The number of fused-ring (bicyclic) bond motifs is 1. The van der Waals surface area contributed by atoms with Crippen LogP contribution in [0.25, 0.3) is 5.65 Å². The first-order chi connectivity index (χ1) is 14.1. The van der Waals surface area contributed by atoms with Crippen LogP contribution in [0.1, 0.15) is 34.0 Å². The molecule has 0 spiro atoms. The van der Waals surface area contributed by atoms with E-state index in [4.69, 9.17) is 4.74 Å². The molecule has 1 N–H and O–H groups in total. The van der Waals surface area contributed by atoms with Gasteiger partial charge in [-0.2, -0.15) is 18.3 Å². The molecule has 0 saturated carbocycles. The third-order valence-electron chi connectivity index (χ3n) is 4.08. The molecule has 0 bridgehead atoms. The SMILES string of the molecule is CC(=O)NCCOC(=O)c1cnn2cc(Cc3ccc(F)c(C(F)(F)F)c3)cnc12. The average molecular weight is 424 g/mol. The zero-order chi connectivity index (χ0) is 21.9. The van der Waals surface area contributed by atoms with E-state index in [-0.39, 0.29) is 42.3 Å². The Kier molecular flexibility index (Phi) is 5.99. The number of ether oxygens (including phenoxy) is 1. The zero-order valence-corrected chi connectivity index (χ0v) is 15.7. The van der Waals surface area contributed by atoms with E-state index >= 15 is 0 Å². The molecular weight excluding hydrogens is 408 g/mol. The molecule has 7 nitrogen and oxygen atoms in total. The highest BCUT2D eigenvalue weighted by Gasteiger charge is 2.34. The molecule has 2 heterocycles. The van der Waals surface area contributed by atoms with Crippen LogP contribution in [0.5, 0.6) is 0 Å². The van der Waals surface area contributed by atoms with Gasteiger partial charge in [-0.15, -0.1) is 0 Å². The first-order valence-corrected chi connectivity index (χ1v) is 8.74. The van der Waals surface area contributed by atoms with Crippen LogP contribution in [-0.4, -0.2) is 39.6 Å². The van der Waals surface area contributed by atoms with Crippen molar-refractivity contribution in [3.8, 4) is 0 Å². The number of carbonyl (C=O) groups excluding carboxylic acids is 2. The number of alkyl halides is 3. The Hall–Kier alpha value is -3.50. The Balaban J connectivity index is 1.74. The maximum absolute atomic E-state index is 13.4. The third-order valence-corrected chi connectivity index (χ3v) is 4.08. The van der Waals surface area contributed by atoms with Crippen molar-refractivity contribution in [3.63, 3.8) is 0 Å². The van der Waals surface area contributed by atoms with Gasteiger partial charge in [0.15, 0.2) is 5.65 Å². The molecule has 0 saturated heterocycles. The van der Waals surface area contributed by atoms with Crippen molar-refractivity contribution < 1.29 is 31.9 Å². The van der Waals surface area contributed by atoms with Crippen molar-refractivity contribution in [1.29, 1.82) is 0 Å². The summed E-state index contributed by atoms with van der Waals surface area (Å²) in [5.74, 6) is -2.27. The molecule has 158 valence electrons. The van der Waals surface area contributed by atoms with E-state index in [1.165, 1.54) is 36.1 Å². The molecule has 0 aliphatic carbocycles. The number of carbonyl (C=O) groups is 2. The summed E-state index contributed by atoms with van der Waals surface area (Å²) in [5, 5.41) is 6.50. The molecule has 30 heavy (non-hydrogen) atoms. The number of nitrogens with one attached hydrogen (secondary N) is 1. The number of esters is 1. The molecule has 3 aromatic rings. The van der Waals surface area contributed by atoms with E-state index in [0.29, 0.717) is 5.56 Å². The van der Waals surface area contributed by atoms with E-state index in [1.807, 2.05) is 0 Å². The summed E-state index contributed by atoms with van der Waals surface area (Å²) in [7, 11) is 0. The second-order valence-corrected chi connectivity index (χ2v) is 6.40. The second kappa shape index (κ2) is 8.47. The van der Waals surface area contributed by atoms with Gasteiger partial charge in [0.1, 0.15) is 18.0 Å². The van der Waals surface area contributed by atoms with E-state index in [2.05, 4.69) is 15.4 Å². The van der Waals surface area contributed by atoms with Gasteiger partial charge in [0.25, 0.3) is 0 Å². The summed E-state index contributed by atoms with van der Waals surface area (Å²) in [6.07, 6.45) is -0.580. The lowest BCUT2D eigenvalue weighted by Crippen LogP contribution is -2.25. The van der Waals surface area contributed by atoms with Crippen molar-refractivity contribution in [2.24, 2.45) is 0 Å². The van der Waals surface area contributed by atoms with Crippen LogP contribution in [0, 0.1) is 5.82 Å². The number of halogens is 4. The van der Waals surface area contributed by atoms with Gasteiger partial charge in [0.2, 0.25) is 5.91 Å². The summed E-state index contributed by atoms with van der Waals surface area (Å²) in [6.45, 7) is 1.47. The van der Waals surface area contributed by atoms with Crippen LogP contribution >= 0.6 is 0 Å². The molecule has 0 unspecified atom stereocenters. The summed E-state index contributed by atoms with van der Waals surface area (Å²) in [5.41, 5.74) is -0.271. The molecule has 0 aliphatic heterocycles. The van der Waals surface area contributed by atoms with Gasteiger partial charge in [-0.25, -0.2) is 18.7 Å². The van der Waals surface area contributed by atoms with Crippen molar-refractivity contribution in [3.05, 3.63) is 64.9 Å². The fourth-order valence-corrected chi connectivity index (χ4v) is 2.73. The highest BCUT2D eigenvalue weighted by atomic mass is 19.4. The van der Waals surface area contributed by atoms with Gasteiger partial charge >= 0.3 is 12.1 Å². The van der Waals surface area contributed by atoms with E-state index in [0.717, 1.165) is 12.1 Å². The molecule has 1 amide bonds. The van der Waals surface area contributed by atoms with Crippen molar-refractivity contribution >= 4 is 17.5 Å². The number of benzene rings is 1. The van der Waals surface area contributed by atoms with Crippen LogP contribution in [-0.2, 0) is 22.1 Å². The molecule has 0 radical (unpaired) electrons. The lowest BCUT2D eigenvalue weighted by molar-refractivity contribution is -0.140. The fraction of sp³-hybridized carbons (Fsp3) is 0.263. The van der Waals surface area contributed by atoms with Crippen molar-refractivity contribution in [2.75, 3.05) is 13.2 Å². The monoisotopic (exact) mass is 424 g/mol. The lowest BCUT2D eigenvalue weighted by Gasteiger charge is -2.10. The number of hydrogen-bond donors (Lipinski definition) is 1.